The van der Waals surface area contributed by atoms with E-state index < -0.39 is 0 Å². The fourth-order valence-corrected chi connectivity index (χ4v) is 2.45. The minimum atomic E-state index is 0.00541. The fourth-order valence-electron chi connectivity index (χ4n) is 2.45. The number of carbonyl (C=O) groups is 1. The van der Waals surface area contributed by atoms with Crippen molar-refractivity contribution in [3.8, 4) is 6.07 Å². The van der Waals surface area contributed by atoms with Crippen molar-refractivity contribution < 1.29 is 4.79 Å². The van der Waals surface area contributed by atoms with E-state index in [0.29, 0.717) is 5.56 Å². The third-order valence-electron chi connectivity index (χ3n) is 3.62. The second kappa shape index (κ2) is 5.68. The highest BCUT2D eigenvalue weighted by molar-refractivity contribution is 5.79. The van der Waals surface area contributed by atoms with Gasteiger partial charge in [0.2, 0.25) is 5.91 Å². The number of hydrogen-bond acceptors (Lipinski definition) is 2. The van der Waals surface area contributed by atoms with Gasteiger partial charge in [0.15, 0.2) is 0 Å². The van der Waals surface area contributed by atoms with E-state index in [0.717, 1.165) is 18.4 Å². The Morgan fingerprint density at radius 1 is 1.33 bits per heavy atom. The number of nitrogens with zero attached hydrogens (tertiary/aromatic N) is 1. The van der Waals surface area contributed by atoms with Gasteiger partial charge < -0.3 is 5.32 Å². The van der Waals surface area contributed by atoms with E-state index in [4.69, 9.17) is 5.26 Å². The van der Waals surface area contributed by atoms with Gasteiger partial charge in [0.25, 0.3) is 0 Å². The van der Waals surface area contributed by atoms with Gasteiger partial charge in [-0.3, -0.25) is 4.79 Å². The predicted octanol–water partition coefficient (Wildman–Crippen LogP) is 2.93. The second-order valence-electron chi connectivity index (χ2n) is 4.95. The molecule has 1 unspecified atom stereocenters. The zero-order valence-corrected chi connectivity index (χ0v) is 10.6. The lowest BCUT2D eigenvalue weighted by molar-refractivity contribution is -0.125. The molecule has 0 aromatic heterocycles. The molecule has 1 amide bonds. The fraction of sp³-hybridized carbons (Fsp3) is 0.467. The van der Waals surface area contributed by atoms with Crippen molar-refractivity contribution in [1.29, 1.82) is 5.26 Å². The Balaban J connectivity index is 1.96. The molecule has 94 valence electrons. The van der Waals surface area contributed by atoms with Crippen molar-refractivity contribution in [2.45, 2.75) is 38.6 Å². The van der Waals surface area contributed by atoms with Gasteiger partial charge in [0.05, 0.1) is 17.7 Å². The number of nitriles is 1. The van der Waals surface area contributed by atoms with Gasteiger partial charge in [0, 0.05) is 5.92 Å². The van der Waals surface area contributed by atoms with Gasteiger partial charge in [-0.25, -0.2) is 0 Å². The topological polar surface area (TPSA) is 52.9 Å². The lowest BCUT2D eigenvalue weighted by Crippen LogP contribution is -2.31. The molecule has 1 N–H and O–H groups in total. The molecule has 0 saturated heterocycles. The van der Waals surface area contributed by atoms with Crippen LogP contribution in [-0.4, -0.2) is 5.91 Å². The number of carbonyl (C=O) groups excluding carboxylic acids is 1. The normalized spacial score (nSPS) is 17.1. The Morgan fingerprint density at radius 3 is 2.50 bits per heavy atom. The summed E-state index contributed by atoms with van der Waals surface area (Å²) < 4.78 is 0. The first kappa shape index (κ1) is 12.6. The van der Waals surface area contributed by atoms with Crippen LogP contribution in [0.2, 0.25) is 0 Å². The van der Waals surface area contributed by atoms with Gasteiger partial charge >= 0.3 is 0 Å². The third kappa shape index (κ3) is 2.89. The van der Waals surface area contributed by atoms with Crippen LogP contribution >= 0.6 is 0 Å². The summed E-state index contributed by atoms with van der Waals surface area (Å²) in [4.78, 5) is 12.0. The molecule has 1 atom stereocenters. The lowest BCUT2D eigenvalue weighted by Gasteiger charge is -2.17. The highest BCUT2D eigenvalue weighted by Crippen LogP contribution is 2.25. The van der Waals surface area contributed by atoms with E-state index in [2.05, 4.69) is 11.4 Å². The second-order valence-corrected chi connectivity index (χ2v) is 4.95. The molecule has 1 aromatic carbocycles. The molecule has 2 rings (SSSR count). The van der Waals surface area contributed by atoms with Gasteiger partial charge in [-0.2, -0.15) is 5.26 Å². The summed E-state index contributed by atoms with van der Waals surface area (Å²) in [7, 11) is 0. The highest BCUT2D eigenvalue weighted by atomic mass is 16.1. The molecular weight excluding hydrogens is 224 g/mol. The first-order valence-corrected chi connectivity index (χ1v) is 6.51. The smallest absolute Gasteiger partial charge is 0.223 e. The molecule has 1 aliphatic rings. The van der Waals surface area contributed by atoms with Crippen molar-refractivity contribution in [2.75, 3.05) is 0 Å². The van der Waals surface area contributed by atoms with Crippen LogP contribution in [0.3, 0.4) is 0 Å². The number of amides is 1. The first-order valence-electron chi connectivity index (χ1n) is 6.51. The molecular formula is C15H18N2O. The van der Waals surface area contributed by atoms with E-state index in [1.54, 1.807) is 12.1 Å². The number of hydrogen-bond donors (Lipinski definition) is 1. The van der Waals surface area contributed by atoms with Gasteiger partial charge in [-0.05, 0) is 37.5 Å². The summed E-state index contributed by atoms with van der Waals surface area (Å²) >= 11 is 0. The van der Waals surface area contributed by atoms with Crippen molar-refractivity contribution >= 4 is 5.91 Å². The SMILES string of the molecule is CC(NC(=O)C1CCCC1)c1ccc(C#N)cc1. The summed E-state index contributed by atoms with van der Waals surface area (Å²) in [5.41, 5.74) is 1.69. The maximum Gasteiger partial charge on any atom is 0.223 e. The van der Waals surface area contributed by atoms with Crippen LogP contribution in [0.4, 0.5) is 0 Å². The first-order chi connectivity index (χ1) is 8.70. The van der Waals surface area contributed by atoms with Crippen molar-refractivity contribution in [1.82, 2.24) is 5.32 Å². The van der Waals surface area contributed by atoms with Crippen LogP contribution in [0.5, 0.6) is 0 Å². The van der Waals surface area contributed by atoms with E-state index in [1.165, 1.54) is 12.8 Å². The Hall–Kier alpha value is -1.82. The molecule has 3 nitrogen and oxygen atoms in total. The minimum Gasteiger partial charge on any atom is -0.349 e. The van der Waals surface area contributed by atoms with E-state index in [9.17, 15) is 4.79 Å². The highest BCUT2D eigenvalue weighted by Gasteiger charge is 2.23. The molecule has 1 aromatic rings. The third-order valence-corrected chi connectivity index (χ3v) is 3.62. The van der Waals surface area contributed by atoms with E-state index in [-0.39, 0.29) is 17.9 Å². The Bertz CT molecular complexity index is 452. The average Bonchev–Trinajstić information content (AvgIpc) is 2.92. The summed E-state index contributed by atoms with van der Waals surface area (Å²) in [6.07, 6.45) is 4.38. The molecule has 0 radical (unpaired) electrons. The minimum absolute atomic E-state index is 0.00541. The van der Waals surface area contributed by atoms with Crippen LogP contribution < -0.4 is 5.32 Å². The largest absolute Gasteiger partial charge is 0.349 e. The van der Waals surface area contributed by atoms with Crippen molar-refractivity contribution in [3.63, 3.8) is 0 Å². The van der Waals surface area contributed by atoms with Crippen molar-refractivity contribution in [3.05, 3.63) is 35.4 Å². The molecule has 1 aliphatic carbocycles. The summed E-state index contributed by atoms with van der Waals surface area (Å²) in [6, 6.07) is 9.47. The average molecular weight is 242 g/mol. The number of rotatable bonds is 3. The quantitative estimate of drug-likeness (QED) is 0.886. The van der Waals surface area contributed by atoms with Crippen LogP contribution in [0.25, 0.3) is 0 Å². The zero-order valence-electron chi connectivity index (χ0n) is 10.6. The lowest BCUT2D eigenvalue weighted by atomic mass is 10.0. The van der Waals surface area contributed by atoms with E-state index in [1.807, 2.05) is 19.1 Å². The molecule has 1 saturated carbocycles. The maximum atomic E-state index is 12.0. The molecule has 0 bridgehead atoms. The Kier molecular flexibility index (Phi) is 3.99. The van der Waals surface area contributed by atoms with Crippen LogP contribution in [-0.2, 0) is 4.79 Å². The van der Waals surface area contributed by atoms with Crippen LogP contribution in [0, 0.1) is 17.2 Å². The van der Waals surface area contributed by atoms with Crippen LogP contribution in [0.1, 0.15) is 49.8 Å². The molecule has 3 heteroatoms. The summed E-state index contributed by atoms with van der Waals surface area (Å²) in [5, 5.41) is 11.8. The van der Waals surface area contributed by atoms with Crippen molar-refractivity contribution in [2.24, 2.45) is 5.92 Å². The molecule has 0 heterocycles. The monoisotopic (exact) mass is 242 g/mol. The van der Waals surface area contributed by atoms with Gasteiger partial charge in [-0.15, -0.1) is 0 Å². The Morgan fingerprint density at radius 2 is 1.94 bits per heavy atom. The molecule has 0 spiro atoms. The molecule has 0 aliphatic heterocycles. The van der Waals surface area contributed by atoms with Gasteiger partial charge in [0.1, 0.15) is 0 Å². The van der Waals surface area contributed by atoms with Gasteiger partial charge in [-0.1, -0.05) is 25.0 Å². The zero-order chi connectivity index (χ0) is 13.0. The summed E-state index contributed by atoms with van der Waals surface area (Å²) in [5.74, 6) is 0.371. The molecule has 1 fully saturated rings. The summed E-state index contributed by atoms with van der Waals surface area (Å²) in [6.45, 7) is 1.98. The van der Waals surface area contributed by atoms with Crippen LogP contribution in [0.15, 0.2) is 24.3 Å². The number of benzene rings is 1. The Labute approximate surface area is 108 Å². The maximum absolute atomic E-state index is 12.0. The number of nitrogens with one attached hydrogen (secondary N) is 1. The predicted molar refractivity (Wildman–Crippen MR) is 69.7 cm³/mol. The molecule has 18 heavy (non-hydrogen) atoms. The standard InChI is InChI=1S/C15H18N2O/c1-11(13-8-6-12(10-16)7-9-13)17-15(18)14-4-2-3-5-14/h6-9,11,14H,2-5H2,1H3,(H,17,18). The van der Waals surface area contributed by atoms with E-state index >= 15 is 0 Å².